The minimum atomic E-state index is -0.755. The highest BCUT2D eigenvalue weighted by Gasteiger charge is 2.19. The molecule has 0 rings (SSSR count). The molecule has 0 radical (unpaired) electrons. The van der Waals surface area contributed by atoms with E-state index in [9.17, 15) is 14.4 Å². The van der Waals surface area contributed by atoms with Crippen molar-refractivity contribution in [2.45, 2.75) is 207 Å². The van der Waals surface area contributed by atoms with Crippen molar-refractivity contribution in [1.29, 1.82) is 0 Å². The summed E-state index contributed by atoms with van der Waals surface area (Å²) in [5, 5.41) is 0. The van der Waals surface area contributed by atoms with E-state index in [0.717, 1.165) is 70.1 Å². The lowest BCUT2D eigenvalue weighted by molar-refractivity contribution is -0.167. The molecule has 260 valence electrons. The zero-order valence-corrected chi connectivity index (χ0v) is 29.6. The predicted octanol–water partition coefficient (Wildman–Crippen LogP) is 11.2. The second-order valence-corrected chi connectivity index (χ2v) is 13.3. The molecule has 0 aromatic carbocycles. The van der Waals surface area contributed by atoms with Crippen molar-refractivity contribution in [3.63, 3.8) is 0 Å². The van der Waals surface area contributed by atoms with Gasteiger partial charge in [0.1, 0.15) is 13.2 Å². The number of unbranched alkanes of at least 4 members (excludes halogenated alkanes) is 20. The third-order valence-electron chi connectivity index (χ3n) is 8.29. The second-order valence-electron chi connectivity index (χ2n) is 13.3. The maximum atomic E-state index is 12.4. The molecular formula is C38H72O6. The van der Waals surface area contributed by atoms with E-state index in [2.05, 4.69) is 27.7 Å². The molecule has 0 bridgehead atoms. The van der Waals surface area contributed by atoms with Crippen molar-refractivity contribution in [2.75, 3.05) is 13.2 Å². The van der Waals surface area contributed by atoms with Crippen LogP contribution in [0.25, 0.3) is 0 Å². The number of rotatable bonds is 33. The first-order valence-electron chi connectivity index (χ1n) is 18.9. The zero-order valence-electron chi connectivity index (χ0n) is 29.6. The Morgan fingerprint density at radius 3 is 1.11 bits per heavy atom. The van der Waals surface area contributed by atoms with Gasteiger partial charge in [-0.05, 0) is 25.2 Å². The van der Waals surface area contributed by atoms with Crippen molar-refractivity contribution in [2.24, 2.45) is 5.92 Å². The highest BCUT2D eigenvalue weighted by atomic mass is 16.6. The van der Waals surface area contributed by atoms with Gasteiger partial charge in [-0.25, -0.2) is 0 Å². The van der Waals surface area contributed by atoms with Crippen molar-refractivity contribution in [3.05, 3.63) is 0 Å². The summed E-state index contributed by atoms with van der Waals surface area (Å²) >= 11 is 0. The van der Waals surface area contributed by atoms with Gasteiger partial charge in [-0.3, -0.25) is 14.4 Å². The molecule has 0 aliphatic heterocycles. The molecule has 44 heavy (non-hydrogen) atoms. The topological polar surface area (TPSA) is 78.9 Å². The first-order chi connectivity index (χ1) is 21.4. The lowest BCUT2D eigenvalue weighted by Gasteiger charge is -2.18. The average Bonchev–Trinajstić information content (AvgIpc) is 3.00. The van der Waals surface area contributed by atoms with Crippen LogP contribution in [0.2, 0.25) is 0 Å². The number of esters is 3. The van der Waals surface area contributed by atoms with Gasteiger partial charge in [0.25, 0.3) is 0 Å². The van der Waals surface area contributed by atoms with Crippen molar-refractivity contribution in [1.82, 2.24) is 0 Å². The first-order valence-corrected chi connectivity index (χ1v) is 18.9. The Labute approximate surface area is 272 Å². The number of hydrogen-bond acceptors (Lipinski definition) is 6. The van der Waals surface area contributed by atoms with E-state index in [1.165, 1.54) is 89.9 Å². The van der Waals surface area contributed by atoms with Crippen LogP contribution in [-0.4, -0.2) is 37.2 Å². The average molecular weight is 625 g/mol. The van der Waals surface area contributed by atoms with Crippen LogP contribution < -0.4 is 0 Å². The summed E-state index contributed by atoms with van der Waals surface area (Å²) in [5.41, 5.74) is 0. The third kappa shape index (κ3) is 31.8. The Bertz CT molecular complexity index is 662. The summed E-state index contributed by atoms with van der Waals surface area (Å²) in [6.45, 7) is 8.83. The molecule has 0 fully saturated rings. The third-order valence-corrected chi connectivity index (χ3v) is 8.29. The summed E-state index contributed by atoms with van der Waals surface area (Å²) in [6, 6.07) is 0. The van der Waals surface area contributed by atoms with E-state index in [-0.39, 0.29) is 31.1 Å². The molecule has 6 nitrogen and oxygen atoms in total. The van der Waals surface area contributed by atoms with E-state index in [0.29, 0.717) is 19.3 Å². The van der Waals surface area contributed by atoms with Crippen LogP contribution in [0, 0.1) is 5.92 Å². The summed E-state index contributed by atoms with van der Waals surface area (Å²) in [6.07, 6.45) is 28.3. The number of ether oxygens (including phenoxy) is 3. The lowest BCUT2D eigenvalue weighted by atomic mass is 10.0. The molecule has 0 aliphatic carbocycles. The van der Waals surface area contributed by atoms with Crippen LogP contribution in [0.1, 0.15) is 201 Å². The summed E-state index contributed by atoms with van der Waals surface area (Å²) in [4.78, 5) is 37.1. The normalized spacial score (nSPS) is 11.9. The Hall–Kier alpha value is -1.59. The molecule has 0 unspecified atom stereocenters. The number of carbonyl (C=O) groups is 3. The van der Waals surface area contributed by atoms with Gasteiger partial charge in [-0.1, -0.05) is 163 Å². The molecule has 6 heteroatoms. The fourth-order valence-electron chi connectivity index (χ4n) is 5.39. The van der Waals surface area contributed by atoms with Gasteiger partial charge in [-0.2, -0.15) is 0 Å². The van der Waals surface area contributed by atoms with Crippen LogP contribution in [0.4, 0.5) is 0 Å². The molecule has 0 aromatic heterocycles. The molecule has 0 N–H and O–H groups in total. The van der Waals surface area contributed by atoms with E-state index in [1.54, 1.807) is 0 Å². The Kier molecular flexibility index (Phi) is 31.6. The smallest absolute Gasteiger partial charge is 0.306 e. The summed E-state index contributed by atoms with van der Waals surface area (Å²) in [7, 11) is 0. The van der Waals surface area contributed by atoms with Crippen molar-refractivity contribution >= 4 is 17.9 Å². The SMILES string of the molecule is CCCCCCCCCCCCC(=O)OC[C@@H](COC(=O)CCCCCCCCCCC(C)C)OC(=O)CCCCCCC. The van der Waals surface area contributed by atoms with Crippen molar-refractivity contribution < 1.29 is 28.6 Å². The Morgan fingerprint density at radius 1 is 0.432 bits per heavy atom. The van der Waals surface area contributed by atoms with Gasteiger partial charge < -0.3 is 14.2 Å². The Morgan fingerprint density at radius 2 is 0.750 bits per heavy atom. The molecule has 0 heterocycles. The van der Waals surface area contributed by atoms with Crippen LogP contribution >= 0.6 is 0 Å². The molecule has 0 aromatic rings. The molecule has 0 spiro atoms. The summed E-state index contributed by atoms with van der Waals surface area (Å²) < 4.78 is 16.5. The van der Waals surface area contributed by atoms with Crippen LogP contribution in [-0.2, 0) is 28.6 Å². The van der Waals surface area contributed by atoms with E-state index >= 15 is 0 Å². The molecule has 1 atom stereocenters. The lowest BCUT2D eigenvalue weighted by Crippen LogP contribution is -2.30. The predicted molar refractivity (Wildman–Crippen MR) is 183 cm³/mol. The quantitative estimate of drug-likeness (QED) is 0.0410. The minimum Gasteiger partial charge on any atom is -0.462 e. The molecule has 0 saturated carbocycles. The van der Waals surface area contributed by atoms with Gasteiger partial charge in [-0.15, -0.1) is 0 Å². The van der Waals surface area contributed by atoms with Gasteiger partial charge >= 0.3 is 17.9 Å². The fourth-order valence-corrected chi connectivity index (χ4v) is 5.39. The highest BCUT2D eigenvalue weighted by molar-refractivity contribution is 5.71. The largest absolute Gasteiger partial charge is 0.462 e. The van der Waals surface area contributed by atoms with Crippen LogP contribution in [0.5, 0.6) is 0 Å². The summed E-state index contributed by atoms with van der Waals surface area (Å²) in [5.74, 6) is -0.0865. The van der Waals surface area contributed by atoms with Crippen molar-refractivity contribution in [3.8, 4) is 0 Å². The molecular weight excluding hydrogens is 552 g/mol. The fraction of sp³-hybridized carbons (Fsp3) is 0.921. The van der Waals surface area contributed by atoms with Gasteiger partial charge in [0.2, 0.25) is 0 Å². The minimum absolute atomic E-state index is 0.0668. The standard InChI is InChI=1S/C38H72O6/c1-5-7-9-11-12-13-14-18-22-25-29-36(39)42-32-35(44-38(41)31-27-20-10-8-6-2)33-43-37(40)30-26-23-19-16-15-17-21-24-28-34(3)4/h34-35H,5-33H2,1-4H3/t35-/m0/s1. The second kappa shape index (κ2) is 32.8. The van der Waals surface area contributed by atoms with Crippen LogP contribution in [0.3, 0.4) is 0 Å². The van der Waals surface area contributed by atoms with Crippen LogP contribution in [0.15, 0.2) is 0 Å². The van der Waals surface area contributed by atoms with Gasteiger partial charge in [0.15, 0.2) is 6.10 Å². The number of hydrogen-bond donors (Lipinski definition) is 0. The van der Waals surface area contributed by atoms with Gasteiger partial charge in [0.05, 0.1) is 0 Å². The number of carbonyl (C=O) groups excluding carboxylic acids is 3. The molecule has 0 aliphatic rings. The highest BCUT2D eigenvalue weighted by Crippen LogP contribution is 2.14. The molecule has 0 saturated heterocycles. The maximum Gasteiger partial charge on any atom is 0.306 e. The molecule has 0 amide bonds. The van der Waals surface area contributed by atoms with E-state index in [1.807, 2.05) is 0 Å². The Balaban J connectivity index is 4.25. The van der Waals surface area contributed by atoms with Gasteiger partial charge in [0, 0.05) is 19.3 Å². The zero-order chi connectivity index (χ0) is 32.5. The van der Waals surface area contributed by atoms with E-state index in [4.69, 9.17) is 14.2 Å². The monoisotopic (exact) mass is 625 g/mol. The maximum absolute atomic E-state index is 12.4. The van der Waals surface area contributed by atoms with E-state index < -0.39 is 6.10 Å². The first kappa shape index (κ1) is 42.4.